The number of benzene rings is 2. The Hall–Kier alpha value is -2.14. The summed E-state index contributed by atoms with van der Waals surface area (Å²) in [7, 11) is 1.22. The molecule has 0 unspecified atom stereocenters. The molecule has 3 nitrogen and oxygen atoms in total. The highest BCUT2D eigenvalue weighted by Gasteiger charge is 2.62. The first-order chi connectivity index (χ1) is 11.3. The number of nitrogens with one attached hydrogen (secondary N) is 1. The van der Waals surface area contributed by atoms with Gasteiger partial charge in [-0.1, -0.05) is 29.8 Å². The van der Waals surface area contributed by atoms with Crippen LogP contribution in [0, 0.1) is 0 Å². The van der Waals surface area contributed by atoms with Crippen molar-refractivity contribution < 1.29 is 18.3 Å². The molecule has 0 heterocycles. The molecule has 2 aromatic rings. The van der Waals surface area contributed by atoms with Gasteiger partial charge >= 0.3 is 5.97 Å². The minimum absolute atomic E-state index is 0.520. The van der Waals surface area contributed by atoms with E-state index >= 15 is 0 Å². The van der Waals surface area contributed by atoms with Crippen molar-refractivity contribution in [1.82, 2.24) is 0 Å². The first-order valence-corrected chi connectivity index (χ1v) is 7.82. The average Bonchev–Trinajstić information content (AvgIpc) is 2.52. The fourth-order valence-electron chi connectivity index (χ4n) is 3.10. The first kappa shape index (κ1) is 16.7. The smallest absolute Gasteiger partial charge is 0.316 e. The predicted molar refractivity (Wildman–Crippen MR) is 89.1 cm³/mol. The molecule has 6 heteroatoms. The van der Waals surface area contributed by atoms with Gasteiger partial charge in [0.15, 0.2) is 0 Å². The zero-order valence-corrected chi connectivity index (χ0v) is 13.7. The molecule has 0 atom stereocenters. The van der Waals surface area contributed by atoms with E-state index in [4.69, 9.17) is 16.3 Å². The van der Waals surface area contributed by atoms with Crippen LogP contribution < -0.4 is 5.32 Å². The Morgan fingerprint density at radius 2 is 1.79 bits per heavy atom. The van der Waals surface area contributed by atoms with Crippen LogP contribution in [0.25, 0.3) is 0 Å². The van der Waals surface area contributed by atoms with Crippen LogP contribution in [0.1, 0.15) is 18.4 Å². The van der Waals surface area contributed by atoms with Gasteiger partial charge < -0.3 is 10.1 Å². The molecule has 0 aromatic heterocycles. The van der Waals surface area contributed by atoms with Crippen molar-refractivity contribution in [3.63, 3.8) is 0 Å². The lowest BCUT2D eigenvalue weighted by Gasteiger charge is -2.45. The molecule has 1 aliphatic carbocycles. The zero-order valence-electron chi connectivity index (χ0n) is 13.0. The summed E-state index contributed by atoms with van der Waals surface area (Å²) in [5.41, 5.74) is 0.865. The maximum Gasteiger partial charge on any atom is 0.316 e. The molecule has 0 bridgehead atoms. The van der Waals surface area contributed by atoms with Gasteiger partial charge in [0.25, 0.3) is 5.92 Å². The molecule has 0 radical (unpaired) electrons. The van der Waals surface area contributed by atoms with Crippen molar-refractivity contribution in [3.8, 4) is 0 Å². The van der Waals surface area contributed by atoms with E-state index in [9.17, 15) is 13.6 Å². The molecule has 0 saturated heterocycles. The lowest BCUT2D eigenvalue weighted by Crippen LogP contribution is -2.54. The third-order valence-corrected chi connectivity index (χ3v) is 4.48. The minimum atomic E-state index is -2.83. The van der Waals surface area contributed by atoms with Gasteiger partial charge in [0, 0.05) is 29.2 Å². The molecular weight excluding hydrogens is 336 g/mol. The zero-order chi connectivity index (χ0) is 17.4. The number of halogens is 3. The minimum Gasteiger partial charge on any atom is -0.468 e. The molecule has 1 aliphatic rings. The maximum absolute atomic E-state index is 13.4. The summed E-state index contributed by atoms with van der Waals surface area (Å²) in [4.78, 5) is 12.0. The van der Waals surface area contributed by atoms with Crippen molar-refractivity contribution in [2.75, 3.05) is 12.4 Å². The van der Waals surface area contributed by atoms with Crippen molar-refractivity contribution in [1.29, 1.82) is 0 Å². The molecule has 0 spiro atoms. The van der Waals surface area contributed by atoms with Crippen LogP contribution in [0.4, 0.5) is 20.2 Å². The molecule has 2 aromatic carbocycles. The number of methoxy groups -OCH3 is 1. The Morgan fingerprint density at radius 1 is 1.12 bits per heavy atom. The van der Waals surface area contributed by atoms with Crippen molar-refractivity contribution in [2.45, 2.75) is 24.2 Å². The van der Waals surface area contributed by atoms with E-state index in [1.165, 1.54) is 7.11 Å². The van der Waals surface area contributed by atoms with E-state index in [0.29, 0.717) is 10.6 Å². The van der Waals surface area contributed by atoms with Crippen LogP contribution in [-0.4, -0.2) is 19.0 Å². The number of carbonyl (C=O) groups excluding carboxylic acids is 1. The van der Waals surface area contributed by atoms with Gasteiger partial charge in [-0.25, -0.2) is 8.78 Å². The van der Waals surface area contributed by atoms with Gasteiger partial charge in [0.2, 0.25) is 0 Å². The Morgan fingerprint density at radius 3 is 2.33 bits per heavy atom. The SMILES string of the molecule is COC(=O)C1(c2ccc(Nc3cccc(Cl)c3)cc2)CC(F)(F)C1. The number of hydrogen-bond acceptors (Lipinski definition) is 3. The van der Waals surface area contributed by atoms with Crippen molar-refractivity contribution in [3.05, 3.63) is 59.1 Å². The van der Waals surface area contributed by atoms with Gasteiger partial charge in [-0.2, -0.15) is 0 Å². The lowest BCUT2D eigenvalue weighted by molar-refractivity contribution is -0.177. The highest BCUT2D eigenvalue weighted by atomic mass is 35.5. The highest BCUT2D eigenvalue weighted by Crippen LogP contribution is 2.54. The Bertz CT molecular complexity index is 754. The summed E-state index contributed by atoms with van der Waals surface area (Å²) < 4.78 is 31.5. The second kappa shape index (κ2) is 6.06. The van der Waals surface area contributed by atoms with Gasteiger partial charge in [-0.3, -0.25) is 4.79 Å². The summed E-state index contributed by atoms with van der Waals surface area (Å²) in [5, 5.41) is 3.78. The highest BCUT2D eigenvalue weighted by molar-refractivity contribution is 6.30. The molecule has 0 aliphatic heterocycles. The summed E-state index contributed by atoms with van der Waals surface area (Å²) >= 11 is 5.94. The fourth-order valence-corrected chi connectivity index (χ4v) is 3.29. The predicted octanol–water partition coefficient (Wildman–Crippen LogP) is 4.92. The Labute approximate surface area is 143 Å². The number of alkyl halides is 2. The summed E-state index contributed by atoms with van der Waals surface area (Å²) in [6, 6.07) is 14.1. The quantitative estimate of drug-likeness (QED) is 0.794. The standard InChI is InChI=1S/C18H16ClF2NO2/c1-24-16(23)17(10-18(20,21)11-17)12-5-7-14(8-6-12)22-15-4-2-3-13(19)9-15/h2-9,22H,10-11H2,1H3. The van der Waals surface area contributed by atoms with Crippen LogP contribution >= 0.6 is 11.6 Å². The second-order valence-electron chi connectivity index (χ2n) is 6.00. The van der Waals surface area contributed by atoms with E-state index < -0.39 is 30.1 Å². The molecule has 0 amide bonds. The fraction of sp³-hybridized carbons (Fsp3) is 0.278. The maximum atomic E-state index is 13.4. The van der Waals surface area contributed by atoms with Gasteiger partial charge in [0.05, 0.1) is 7.11 Å². The number of hydrogen-bond donors (Lipinski definition) is 1. The van der Waals surface area contributed by atoms with Crippen LogP contribution in [0.3, 0.4) is 0 Å². The van der Waals surface area contributed by atoms with Gasteiger partial charge in [-0.05, 0) is 35.9 Å². The molecule has 1 N–H and O–H groups in total. The second-order valence-corrected chi connectivity index (χ2v) is 6.43. The monoisotopic (exact) mass is 351 g/mol. The third-order valence-electron chi connectivity index (χ3n) is 4.25. The van der Waals surface area contributed by atoms with Crippen LogP contribution in [0.15, 0.2) is 48.5 Å². The normalized spacial score (nSPS) is 17.7. The summed E-state index contributed by atoms with van der Waals surface area (Å²) in [6.45, 7) is 0. The van der Waals surface area contributed by atoms with E-state index in [0.717, 1.165) is 11.4 Å². The average molecular weight is 352 g/mol. The molecule has 126 valence electrons. The first-order valence-electron chi connectivity index (χ1n) is 7.44. The Kier molecular flexibility index (Phi) is 4.22. The molecule has 3 rings (SSSR count). The van der Waals surface area contributed by atoms with E-state index in [1.54, 1.807) is 36.4 Å². The van der Waals surface area contributed by atoms with E-state index in [1.807, 2.05) is 12.1 Å². The van der Waals surface area contributed by atoms with Crippen LogP contribution in [0.5, 0.6) is 0 Å². The van der Waals surface area contributed by atoms with Crippen molar-refractivity contribution >= 4 is 28.9 Å². The van der Waals surface area contributed by atoms with Gasteiger partial charge in [-0.15, -0.1) is 0 Å². The number of esters is 1. The van der Waals surface area contributed by atoms with Crippen LogP contribution in [-0.2, 0) is 14.9 Å². The number of anilines is 2. The largest absolute Gasteiger partial charge is 0.468 e. The molecule has 1 fully saturated rings. The number of rotatable bonds is 4. The molecule has 1 saturated carbocycles. The topological polar surface area (TPSA) is 38.3 Å². The van der Waals surface area contributed by atoms with E-state index in [2.05, 4.69) is 5.32 Å². The molecule has 24 heavy (non-hydrogen) atoms. The van der Waals surface area contributed by atoms with Crippen LogP contribution in [0.2, 0.25) is 5.02 Å². The lowest BCUT2D eigenvalue weighted by atomic mass is 9.62. The van der Waals surface area contributed by atoms with Gasteiger partial charge in [0.1, 0.15) is 5.41 Å². The Balaban J connectivity index is 1.82. The number of ether oxygens (including phenoxy) is 1. The van der Waals surface area contributed by atoms with Crippen molar-refractivity contribution in [2.24, 2.45) is 0 Å². The third kappa shape index (κ3) is 3.08. The summed E-state index contributed by atoms with van der Waals surface area (Å²) in [5.74, 6) is -3.45. The number of carbonyl (C=O) groups is 1. The molecular formula is C18H16ClF2NO2. The summed E-state index contributed by atoms with van der Waals surface area (Å²) in [6.07, 6.45) is -1.04. The van der Waals surface area contributed by atoms with E-state index in [-0.39, 0.29) is 0 Å².